The van der Waals surface area contributed by atoms with Crippen LogP contribution >= 0.6 is 0 Å². The van der Waals surface area contributed by atoms with E-state index in [9.17, 15) is 14.4 Å². The quantitative estimate of drug-likeness (QED) is 0.197. The lowest BCUT2D eigenvalue weighted by atomic mass is 9.76. The van der Waals surface area contributed by atoms with Crippen LogP contribution in [-0.4, -0.2) is 82.4 Å². The van der Waals surface area contributed by atoms with Crippen LogP contribution in [0.3, 0.4) is 0 Å². The molecule has 3 aliphatic heterocycles. The minimum atomic E-state index is -0.563. The number of hydrogen-bond donors (Lipinski definition) is 0. The Labute approximate surface area is 298 Å². The normalized spacial score (nSPS) is 23.4. The smallest absolute Gasteiger partial charge is 0.444 e. The van der Waals surface area contributed by atoms with Crippen LogP contribution in [-0.2, 0) is 34.6 Å². The Balaban J connectivity index is 0.000000489. The molecule has 3 saturated heterocycles. The van der Waals surface area contributed by atoms with Crippen LogP contribution in [0, 0.1) is 5.92 Å². The molecule has 0 N–H and O–H groups in total. The summed E-state index contributed by atoms with van der Waals surface area (Å²) in [6.07, 6.45) is 6.12. The highest BCUT2D eigenvalue weighted by molar-refractivity contribution is 6.45. The summed E-state index contributed by atoms with van der Waals surface area (Å²) >= 11 is 0. The first-order valence-corrected chi connectivity index (χ1v) is 17.1. The third-order valence-corrected chi connectivity index (χ3v) is 10.1. The second kappa shape index (κ2) is 16.8. The fraction of sp³-hybridized carbons (Fsp3) is 0.784. The summed E-state index contributed by atoms with van der Waals surface area (Å²) in [6.45, 7) is 25.6. The Morgan fingerprint density at radius 3 is 1.82 bits per heavy atom. The lowest BCUT2D eigenvalue weighted by Crippen LogP contribution is -2.51. The van der Waals surface area contributed by atoms with Gasteiger partial charge < -0.3 is 23.4 Å². The summed E-state index contributed by atoms with van der Waals surface area (Å²) in [5, 5.41) is 0. The van der Waals surface area contributed by atoms with Crippen molar-refractivity contribution in [3.8, 4) is 0 Å². The molecule has 1 aromatic rings. The van der Waals surface area contributed by atoms with Crippen molar-refractivity contribution >= 4 is 31.9 Å². The Hall–Kier alpha value is -2.27. The molecule has 49 heavy (non-hydrogen) atoms. The Bertz CT molecular complexity index is 1250. The van der Waals surface area contributed by atoms with Crippen LogP contribution in [0.1, 0.15) is 140 Å². The van der Waals surface area contributed by atoms with E-state index < -0.39 is 17.7 Å². The third-order valence-electron chi connectivity index (χ3n) is 10.1. The number of carbonyl (C=O) groups excluding carboxylic acids is 3. The number of rotatable bonds is 8. The molecule has 1 amide bonds. The second-order valence-electron chi connectivity index (χ2n) is 16.3. The SMILES string of the molecule is C.C.CC(=O)C1CC(CCB2OC(C)(C)C(C)(C)O2)CCN1C(=O)OC(C)(C)C.CC(=O)c1cc(CCB2OC(C)(C)C(C)(C)O2)ccn1. The fourth-order valence-corrected chi connectivity index (χ4v) is 5.87. The largest absolute Gasteiger partial charge is 0.458 e. The number of carbonyl (C=O) groups is 3. The Kier molecular flexibility index (Phi) is 15.4. The first-order chi connectivity index (χ1) is 21.4. The molecule has 2 atom stereocenters. The zero-order valence-corrected chi connectivity index (χ0v) is 31.2. The van der Waals surface area contributed by atoms with Crippen molar-refractivity contribution in [2.75, 3.05) is 6.54 Å². The van der Waals surface area contributed by atoms with Crippen molar-refractivity contribution < 1.29 is 37.7 Å². The van der Waals surface area contributed by atoms with Gasteiger partial charge in [-0.15, -0.1) is 0 Å². The van der Waals surface area contributed by atoms with Gasteiger partial charge in [-0.05, 0) is 139 Å². The lowest BCUT2D eigenvalue weighted by molar-refractivity contribution is -0.124. The van der Waals surface area contributed by atoms with Crippen molar-refractivity contribution in [3.05, 3.63) is 29.6 Å². The van der Waals surface area contributed by atoms with Crippen molar-refractivity contribution in [3.63, 3.8) is 0 Å². The predicted octanol–water partition coefficient (Wildman–Crippen LogP) is 8.26. The number of pyridine rings is 1. The molecule has 4 heterocycles. The van der Waals surface area contributed by atoms with Crippen LogP contribution in [0.5, 0.6) is 0 Å². The van der Waals surface area contributed by atoms with E-state index in [-0.39, 0.29) is 63.1 Å². The molecule has 0 bridgehead atoms. The summed E-state index contributed by atoms with van der Waals surface area (Å²) in [6, 6.07) is 3.36. The van der Waals surface area contributed by atoms with Crippen LogP contribution in [0.2, 0.25) is 12.6 Å². The predicted molar refractivity (Wildman–Crippen MR) is 198 cm³/mol. The van der Waals surface area contributed by atoms with Gasteiger partial charge in [0.1, 0.15) is 11.3 Å². The maximum atomic E-state index is 12.5. The van der Waals surface area contributed by atoms with Gasteiger partial charge in [-0.1, -0.05) is 21.3 Å². The molecule has 3 aliphatic rings. The summed E-state index contributed by atoms with van der Waals surface area (Å²) in [7, 11) is -0.413. The van der Waals surface area contributed by atoms with Gasteiger partial charge in [-0.3, -0.25) is 19.5 Å². The Morgan fingerprint density at radius 1 is 0.878 bits per heavy atom. The highest BCUT2D eigenvalue weighted by atomic mass is 16.7. The summed E-state index contributed by atoms with van der Waals surface area (Å²) < 4.78 is 29.5. The van der Waals surface area contributed by atoms with Crippen molar-refractivity contribution in [2.45, 2.75) is 177 Å². The molecule has 2 unspecified atom stereocenters. The Morgan fingerprint density at radius 2 is 1.37 bits per heavy atom. The van der Waals surface area contributed by atoms with Crippen molar-refractivity contribution in [1.29, 1.82) is 0 Å². The molecular weight excluding hydrogens is 622 g/mol. The van der Waals surface area contributed by atoms with Gasteiger partial charge in [-0.25, -0.2) is 4.79 Å². The van der Waals surface area contributed by atoms with E-state index in [0.29, 0.717) is 24.6 Å². The van der Waals surface area contributed by atoms with Gasteiger partial charge in [0.25, 0.3) is 0 Å². The van der Waals surface area contributed by atoms with Crippen LogP contribution in [0.4, 0.5) is 4.79 Å². The van der Waals surface area contributed by atoms with E-state index in [1.54, 1.807) is 18.0 Å². The average Bonchev–Trinajstić information content (AvgIpc) is 3.28. The number of nitrogens with zero attached hydrogens (tertiary/aromatic N) is 2. The molecule has 0 aliphatic carbocycles. The maximum absolute atomic E-state index is 12.5. The van der Waals surface area contributed by atoms with Crippen LogP contribution in [0.15, 0.2) is 18.3 Å². The standard InChI is InChI=1S/C20H36BNO5.C15H22BNO3.2CH4/c1-14(23)16-13-15(10-12-22(16)17(24)25-18(2,3)4)9-11-21-26-19(5,6)20(7,8)27-21;1-11(18)13-10-12(7-9-17-13)6-8-16-19-14(2,3)15(4,5)20-16;;/h15-16H,9-13H2,1-8H3;7,9-10H,6,8H2,1-5H3;2*1H4. The maximum Gasteiger partial charge on any atom is 0.458 e. The number of Topliss-reactive ketones (excluding diaryl/α,β-unsaturated/α-hetero) is 2. The number of likely N-dealkylation sites (tertiary alicyclic amines) is 1. The van der Waals surface area contributed by atoms with E-state index in [0.717, 1.165) is 37.5 Å². The number of aryl methyl sites for hydroxylation is 1. The number of hydrogen-bond acceptors (Lipinski definition) is 9. The first kappa shape index (κ1) is 44.8. The minimum Gasteiger partial charge on any atom is -0.444 e. The third kappa shape index (κ3) is 11.9. The van der Waals surface area contributed by atoms with E-state index in [2.05, 4.69) is 32.7 Å². The number of aromatic nitrogens is 1. The highest BCUT2D eigenvalue weighted by Crippen LogP contribution is 2.40. The lowest BCUT2D eigenvalue weighted by Gasteiger charge is -2.39. The molecule has 0 spiro atoms. The first-order valence-electron chi connectivity index (χ1n) is 17.1. The average molecular weight is 689 g/mol. The molecule has 12 heteroatoms. The zero-order valence-electron chi connectivity index (χ0n) is 31.2. The van der Waals surface area contributed by atoms with E-state index in [1.807, 2.05) is 60.6 Å². The summed E-state index contributed by atoms with van der Waals surface area (Å²) in [4.78, 5) is 41.6. The fourth-order valence-electron chi connectivity index (χ4n) is 5.87. The van der Waals surface area contributed by atoms with Gasteiger partial charge in [0.15, 0.2) is 11.6 Å². The molecular formula is C37H66B2N2O8. The molecule has 1 aromatic heterocycles. The van der Waals surface area contributed by atoms with Crippen molar-refractivity contribution in [1.82, 2.24) is 9.88 Å². The molecule has 0 saturated carbocycles. The van der Waals surface area contributed by atoms with Gasteiger partial charge in [0, 0.05) is 19.7 Å². The van der Waals surface area contributed by atoms with Crippen LogP contribution < -0.4 is 0 Å². The number of amides is 1. The molecule has 3 fully saturated rings. The van der Waals surface area contributed by atoms with Crippen molar-refractivity contribution in [2.24, 2.45) is 5.92 Å². The zero-order chi connectivity index (χ0) is 35.6. The second-order valence-corrected chi connectivity index (χ2v) is 16.3. The number of piperidine rings is 1. The van der Waals surface area contributed by atoms with Gasteiger partial charge in [-0.2, -0.15) is 0 Å². The summed E-state index contributed by atoms with van der Waals surface area (Å²) in [5.74, 6) is 0.375. The molecule has 10 nitrogen and oxygen atoms in total. The number of ether oxygens (including phenoxy) is 1. The molecule has 0 radical (unpaired) electrons. The monoisotopic (exact) mass is 689 g/mol. The van der Waals surface area contributed by atoms with E-state index in [1.165, 1.54) is 6.92 Å². The van der Waals surface area contributed by atoms with Gasteiger partial charge in [0.2, 0.25) is 0 Å². The van der Waals surface area contributed by atoms with Gasteiger partial charge >= 0.3 is 20.3 Å². The summed E-state index contributed by atoms with van der Waals surface area (Å²) in [5.41, 5.74) is -0.192. The molecule has 4 rings (SSSR count). The minimum absolute atomic E-state index is 0. The highest BCUT2D eigenvalue weighted by Gasteiger charge is 2.51. The van der Waals surface area contributed by atoms with Crippen LogP contribution in [0.25, 0.3) is 0 Å². The number of ketones is 2. The van der Waals surface area contributed by atoms with Gasteiger partial charge in [0.05, 0.1) is 28.4 Å². The van der Waals surface area contributed by atoms with E-state index >= 15 is 0 Å². The molecule has 0 aromatic carbocycles. The molecule has 278 valence electrons. The topological polar surface area (TPSA) is 113 Å². The van der Waals surface area contributed by atoms with E-state index in [4.69, 9.17) is 23.4 Å².